The van der Waals surface area contributed by atoms with Gasteiger partial charge in [-0.15, -0.1) is 0 Å². The molecule has 2 atom stereocenters. The van der Waals surface area contributed by atoms with Crippen molar-refractivity contribution in [2.24, 2.45) is 11.8 Å². The molecular formula is C17H35NO2Si. The molecule has 1 heterocycles. The summed E-state index contributed by atoms with van der Waals surface area (Å²) in [5, 5.41) is 3.43. The molecule has 0 spiro atoms. The molecule has 1 amide bonds. The second kappa shape index (κ2) is 7.27. The highest BCUT2D eigenvalue weighted by atomic mass is 28.4. The van der Waals surface area contributed by atoms with Gasteiger partial charge in [-0.1, -0.05) is 34.6 Å². The fourth-order valence-electron chi connectivity index (χ4n) is 2.70. The summed E-state index contributed by atoms with van der Waals surface area (Å²) in [6, 6.07) is 0.191. The Morgan fingerprint density at radius 1 is 1.33 bits per heavy atom. The highest BCUT2D eigenvalue weighted by molar-refractivity contribution is 6.74. The average molecular weight is 314 g/mol. The molecule has 1 rings (SSSR count). The minimum Gasteiger partial charge on any atom is -0.415 e. The lowest BCUT2D eigenvalue weighted by molar-refractivity contribution is -0.121. The van der Waals surface area contributed by atoms with Gasteiger partial charge in [0.1, 0.15) is 0 Å². The Hall–Kier alpha value is -0.353. The quantitative estimate of drug-likeness (QED) is 0.767. The van der Waals surface area contributed by atoms with Crippen molar-refractivity contribution in [3.05, 3.63) is 0 Å². The number of rotatable bonds is 5. The summed E-state index contributed by atoms with van der Waals surface area (Å²) in [5.41, 5.74) is 0. The molecule has 1 fully saturated rings. The first-order valence-electron chi connectivity index (χ1n) is 8.46. The molecule has 124 valence electrons. The van der Waals surface area contributed by atoms with Crippen LogP contribution >= 0.6 is 0 Å². The molecule has 0 saturated carbocycles. The smallest absolute Gasteiger partial charge is 0.220 e. The van der Waals surface area contributed by atoms with Crippen LogP contribution in [0.2, 0.25) is 18.1 Å². The van der Waals surface area contributed by atoms with Gasteiger partial charge in [0.05, 0.1) is 12.6 Å². The van der Waals surface area contributed by atoms with Crippen LogP contribution < -0.4 is 5.32 Å². The predicted octanol–water partition coefficient (Wildman–Crippen LogP) is 4.34. The molecule has 1 saturated heterocycles. The van der Waals surface area contributed by atoms with Crippen molar-refractivity contribution in [1.82, 2.24) is 5.32 Å². The van der Waals surface area contributed by atoms with Crippen molar-refractivity contribution in [2.45, 2.75) is 84.5 Å². The highest BCUT2D eigenvalue weighted by Crippen LogP contribution is 2.37. The first-order chi connectivity index (χ1) is 9.53. The van der Waals surface area contributed by atoms with Gasteiger partial charge in [-0.2, -0.15) is 0 Å². The first-order valence-corrected chi connectivity index (χ1v) is 11.4. The third-order valence-corrected chi connectivity index (χ3v) is 9.60. The zero-order chi connectivity index (χ0) is 16.3. The van der Waals surface area contributed by atoms with Crippen LogP contribution in [-0.2, 0) is 9.22 Å². The van der Waals surface area contributed by atoms with Gasteiger partial charge in [-0.3, -0.25) is 4.79 Å². The second-order valence-electron chi connectivity index (χ2n) is 8.53. The molecule has 3 nitrogen and oxygen atoms in total. The summed E-state index contributed by atoms with van der Waals surface area (Å²) in [5.74, 6) is 1.42. The normalized spacial score (nSPS) is 24.9. The standard InChI is InChI=1S/C17H35NO2Si/c1-13(2)11-14-9-8-10-16(19)18-15(14)12-20-21(6,7)17(3,4)5/h13-15H,8-12H2,1-7H3,(H,18,19). The van der Waals surface area contributed by atoms with E-state index in [0.717, 1.165) is 12.8 Å². The lowest BCUT2D eigenvalue weighted by atomic mass is 9.88. The van der Waals surface area contributed by atoms with Gasteiger partial charge >= 0.3 is 0 Å². The number of nitrogens with one attached hydrogen (secondary N) is 1. The zero-order valence-electron chi connectivity index (χ0n) is 15.1. The number of carbonyl (C=O) groups is 1. The average Bonchev–Trinajstić information content (AvgIpc) is 2.47. The molecule has 1 N–H and O–H groups in total. The molecule has 0 aliphatic carbocycles. The van der Waals surface area contributed by atoms with E-state index in [-0.39, 0.29) is 17.0 Å². The van der Waals surface area contributed by atoms with Crippen molar-refractivity contribution >= 4 is 14.2 Å². The number of carbonyl (C=O) groups excluding carboxylic acids is 1. The number of hydrogen-bond acceptors (Lipinski definition) is 2. The molecule has 21 heavy (non-hydrogen) atoms. The summed E-state index contributed by atoms with van der Waals surface area (Å²) < 4.78 is 6.37. The number of amides is 1. The maximum atomic E-state index is 11.9. The van der Waals surface area contributed by atoms with Crippen molar-refractivity contribution in [1.29, 1.82) is 0 Å². The van der Waals surface area contributed by atoms with Crippen LogP contribution in [0.1, 0.15) is 60.3 Å². The van der Waals surface area contributed by atoms with Crippen molar-refractivity contribution < 1.29 is 9.22 Å². The molecule has 0 aromatic carbocycles. The Labute approximate surface area is 132 Å². The fourth-order valence-corrected chi connectivity index (χ4v) is 3.73. The topological polar surface area (TPSA) is 38.3 Å². The molecule has 0 radical (unpaired) electrons. The lowest BCUT2D eigenvalue weighted by Gasteiger charge is -2.38. The van der Waals surface area contributed by atoms with Crippen LogP contribution in [0.4, 0.5) is 0 Å². The van der Waals surface area contributed by atoms with E-state index < -0.39 is 8.32 Å². The van der Waals surface area contributed by atoms with Gasteiger partial charge in [0, 0.05) is 6.42 Å². The minimum atomic E-state index is -1.75. The third-order valence-electron chi connectivity index (χ3n) is 5.10. The SMILES string of the molecule is CC(C)CC1CCCC(=O)NC1CO[Si](C)(C)C(C)(C)C. The monoisotopic (exact) mass is 313 g/mol. The Morgan fingerprint density at radius 2 is 1.95 bits per heavy atom. The highest BCUT2D eigenvalue weighted by Gasteiger charge is 2.38. The summed E-state index contributed by atoms with van der Waals surface area (Å²) in [6.07, 6.45) is 4.00. The van der Waals surface area contributed by atoms with E-state index in [4.69, 9.17) is 4.43 Å². The van der Waals surface area contributed by atoms with Crippen LogP contribution in [0.3, 0.4) is 0 Å². The van der Waals surface area contributed by atoms with Crippen LogP contribution in [0.25, 0.3) is 0 Å². The summed E-state index contributed by atoms with van der Waals surface area (Å²) in [7, 11) is -1.75. The van der Waals surface area contributed by atoms with Gasteiger partial charge < -0.3 is 9.74 Å². The van der Waals surface area contributed by atoms with Crippen LogP contribution in [0, 0.1) is 11.8 Å². The van der Waals surface area contributed by atoms with E-state index >= 15 is 0 Å². The van der Waals surface area contributed by atoms with E-state index in [0.29, 0.717) is 24.9 Å². The minimum absolute atomic E-state index is 0.191. The van der Waals surface area contributed by atoms with Crippen LogP contribution in [0.5, 0.6) is 0 Å². The van der Waals surface area contributed by atoms with Gasteiger partial charge in [-0.05, 0) is 49.2 Å². The van der Waals surface area contributed by atoms with E-state index in [2.05, 4.69) is 53.0 Å². The van der Waals surface area contributed by atoms with Crippen LogP contribution in [-0.4, -0.2) is 26.9 Å². The molecule has 0 aromatic rings. The Kier molecular flexibility index (Phi) is 6.48. The Morgan fingerprint density at radius 3 is 2.48 bits per heavy atom. The van der Waals surface area contributed by atoms with Gasteiger partial charge in [-0.25, -0.2) is 0 Å². The van der Waals surface area contributed by atoms with Gasteiger partial charge in [0.15, 0.2) is 8.32 Å². The molecular weight excluding hydrogens is 278 g/mol. The first kappa shape index (κ1) is 18.7. The summed E-state index contributed by atoms with van der Waals surface area (Å²) in [6.45, 7) is 16.5. The Balaban J connectivity index is 2.72. The van der Waals surface area contributed by atoms with Gasteiger partial charge in [0.25, 0.3) is 0 Å². The van der Waals surface area contributed by atoms with Crippen molar-refractivity contribution in [2.75, 3.05) is 6.61 Å². The van der Waals surface area contributed by atoms with E-state index in [9.17, 15) is 4.79 Å². The number of hydrogen-bond donors (Lipinski definition) is 1. The van der Waals surface area contributed by atoms with Crippen LogP contribution in [0.15, 0.2) is 0 Å². The Bertz CT molecular complexity index is 347. The third kappa shape index (κ3) is 5.74. The molecule has 1 aliphatic heterocycles. The largest absolute Gasteiger partial charge is 0.415 e. The maximum absolute atomic E-state index is 11.9. The summed E-state index contributed by atoms with van der Waals surface area (Å²) >= 11 is 0. The molecule has 0 aromatic heterocycles. The van der Waals surface area contributed by atoms with E-state index in [1.165, 1.54) is 6.42 Å². The molecule has 0 bridgehead atoms. The van der Waals surface area contributed by atoms with Crippen molar-refractivity contribution in [3.63, 3.8) is 0 Å². The summed E-state index contributed by atoms with van der Waals surface area (Å²) in [4.78, 5) is 11.9. The fraction of sp³-hybridized carbons (Fsp3) is 0.941. The van der Waals surface area contributed by atoms with E-state index in [1.807, 2.05) is 0 Å². The predicted molar refractivity (Wildman–Crippen MR) is 91.9 cm³/mol. The zero-order valence-corrected chi connectivity index (χ0v) is 16.1. The second-order valence-corrected chi connectivity index (χ2v) is 13.3. The van der Waals surface area contributed by atoms with Gasteiger partial charge in [0.2, 0.25) is 5.91 Å². The van der Waals surface area contributed by atoms with Crippen molar-refractivity contribution in [3.8, 4) is 0 Å². The van der Waals surface area contributed by atoms with E-state index in [1.54, 1.807) is 0 Å². The molecule has 2 unspecified atom stereocenters. The maximum Gasteiger partial charge on any atom is 0.220 e. The molecule has 1 aliphatic rings. The lowest BCUT2D eigenvalue weighted by Crippen LogP contribution is -2.48. The molecule has 4 heteroatoms.